The van der Waals surface area contributed by atoms with Gasteiger partial charge in [-0.1, -0.05) is 0 Å². The lowest BCUT2D eigenvalue weighted by atomic mass is 10.2. The van der Waals surface area contributed by atoms with Crippen LogP contribution in [0.25, 0.3) is 0 Å². The molecule has 1 saturated heterocycles. The quantitative estimate of drug-likeness (QED) is 0.435. The fourth-order valence-corrected chi connectivity index (χ4v) is 2.97. The number of hydrogen-bond donors (Lipinski definition) is 3. The fourth-order valence-electron chi connectivity index (χ4n) is 1.54. The summed E-state index contributed by atoms with van der Waals surface area (Å²) in [6.45, 7) is 1.46. The second-order valence-corrected chi connectivity index (χ2v) is 4.94. The average Bonchev–Trinajstić information content (AvgIpc) is 2.59. The maximum absolute atomic E-state index is 11.4. The molecule has 92 valence electrons. The summed E-state index contributed by atoms with van der Waals surface area (Å²) in [7, 11) is 0. The molecule has 0 spiro atoms. The predicted molar refractivity (Wildman–Crippen MR) is 62.9 cm³/mol. The van der Waals surface area contributed by atoms with Crippen LogP contribution < -0.4 is 5.73 Å². The number of rotatable bonds is 4. The number of carbonyl (C=O) groups excluding carboxylic acids is 1. The highest BCUT2D eigenvalue weighted by Crippen LogP contribution is 2.35. The number of thioether (sulfide) groups is 1. The number of carbonyl (C=O) groups is 1. The van der Waals surface area contributed by atoms with Gasteiger partial charge in [0.2, 0.25) is 5.91 Å². The van der Waals surface area contributed by atoms with E-state index in [2.05, 4.69) is 4.99 Å². The van der Waals surface area contributed by atoms with Crippen LogP contribution in [0.3, 0.4) is 0 Å². The Morgan fingerprint density at radius 1 is 1.75 bits per heavy atom. The summed E-state index contributed by atoms with van der Waals surface area (Å²) in [4.78, 5) is 16.6. The molecular weight excluding hydrogens is 230 g/mol. The maximum atomic E-state index is 11.4. The number of aliphatic imine (C=N–C) groups is 1. The minimum absolute atomic E-state index is 0.0951. The molecule has 0 bridgehead atoms. The molecule has 1 amide bonds. The summed E-state index contributed by atoms with van der Waals surface area (Å²) in [5, 5.41) is 18.2. The first kappa shape index (κ1) is 13.4. The van der Waals surface area contributed by atoms with E-state index in [1.807, 2.05) is 0 Å². The highest BCUT2D eigenvalue weighted by atomic mass is 32.2. The van der Waals surface area contributed by atoms with E-state index in [-0.39, 0.29) is 29.8 Å². The Balaban J connectivity index is 2.67. The molecule has 7 heteroatoms. The van der Waals surface area contributed by atoms with Crippen LogP contribution in [0.1, 0.15) is 13.3 Å². The van der Waals surface area contributed by atoms with Crippen LogP contribution in [-0.2, 0) is 4.79 Å². The van der Waals surface area contributed by atoms with E-state index in [0.29, 0.717) is 6.42 Å². The molecule has 0 aromatic carbocycles. The van der Waals surface area contributed by atoms with Crippen molar-refractivity contribution >= 4 is 24.0 Å². The molecule has 1 heterocycles. The Morgan fingerprint density at radius 3 is 2.88 bits per heavy atom. The molecule has 0 radical (unpaired) electrons. The number of amides is 1. The molecule has 1 aliphatic heterocycles. The van der Waals surface area contributed by atoms with Gasteiger partial charge < -0.3 is 15.9 Å². The zero-order valence-electron chi connectivity index (χ0n) is 9.11. The lowest BCUT2D eigenvalue weighted by Gasteiger charge is -2.22. The van der Waals surface area contributed by atoms with Crippen LogP contribution in [0.15, 0.2) is 4.99 Å². The molecule has 1 rings (SSSR count). The Morgan fingerprint density at radius 2 is 2.44 bits per heavy atom. The summed E-state index contributed by atoms with van der Waals surface area (Å²) in [5.41, 5.74) is 5.22. The summed E-state index contributed by atoms with van der Waals surface area (Å²) in [6.07, 6.45) is 1.24. The van der Waals surface area contributed by atoms with Crippen molar-refractivity contribution in [3.05, 3.63) is 0 Å². The third kappa shape index (κ3) is 3.18. The molecule has 16 heavy (non-hydrogen) atoms. The molecule has 0 aromatic rings. The first-order valence-corrected chi connectivity index (χ1v) is 5.97. The number of aliphatic hydroxyl groups is 2. The minimum atomic E-state index is -0.590. The van der Waals surface area contributed by atoms with Gasteiger partial charge in [-0.05, 0) is 0 Å². The fraction of sp³-hybridized carbons (Fsp3) is 0.778. The summed E-state index contributed by atoms with van der Waals surface area (Å²) in [6, 6.07) is 0. The monoisotopic (exact) mass is 247 g/mol. The first-order valence-electron chi connectivity index (χ1n) is 5.03. The SMILES string of the molecule is CC(=O)N(C=NCN)[C@H]1C[C@@H](O)C(CO)S1. The first-order chi connectivity index (χ1) is 7.60. The van der Waals surface area contributed by atoms with Crippen LogP contribution >= 0.6 is 11.8 Å². The summed E-state index contributed by atoms with van der Waals surface area (Å²) in [5.74, 6) is -0.152. The van der Waals surface area contributed by atoms with Crippen LogP contribution in [-0.4, -0.2) is 57.4 Å². The Labute approximate surface area is 98.5 Å². The van der Waals surface area contributed by atoms with Crippen molar-refractivity contribution in [2.24, 2.45) is 10.7 Å². The zero-order valence-corrected chi connectivity index (χ0v) is 9.93. The normalized spacial score (nSPS) is 29.9. The van der Waals surface area contributed by atoms with Gasteiger partial charge >= 0.3 is 0 Å². The van der Waals surface area contributed by atoms with Crippen LogP contribution in [0, 0.1) is 0 Å². The summed E-state index contributed by atoms with van der Waals surface area (Å²) >= 11 is 1.38. The van der Waals surface area contributed by atoms with Crippen LogP contribution in [0.4, 0.5) is 0 Å². The van der Waals surface area contributed by atoms with Crippen molar-refractivity contribution in [3.8, 4) is 0 Å². The van der Waals surface area contributed by atoms with Gasteiger partial charge in [0.15, 0.2) is 0 Å². The topological polar surface area (TPSA) is 99.2 Å². The van der Waals surface area contributed by atoms with Crippen molar-refractivity contribution in [1.82, 2.24) is 4.90 Å². The molecule has 0 saturated carbocycles. The molecule has 0 aromatic heterocycles. The Kier molecular flexibility index (Phi) is 5.20. The predicted octanol–water partition coefficient (Wildman–Crippen LogP) is -1.04. The van der Waals surface area contributed by atoms with Gasteiger partial charge in [-0.15, -0.1) is 11.8 Å². The van der Waals surface area contributed by atoms with Crippen LogP contribution in [0.5, 0.6) is 0 Å². The van der Waals surface area contributed by atoms with Gasteiger partial charge in [0.05, 0.1) is 36.3 Å². The van der Waals surface area contributed by atoms with E-state index in [0.717, 1.165) is 0 Å². The van der Waals surface area contributed by atoms with E-state index in [1.54, 1.807) is 0 Å². The number of hydrogen-bond acceptors (Lipinski definition) is 6. The van der Waals surface area contributed by atoms with Crippen molar-refractivity contribution in [3.63, 3.8) is 0 Å². The number of nitrogens with zero attached hydrogens (tertiary/aromatic N) is 2. The molecule has 6 nitrogen and oxygen atoms in total. The third-order valence-electron chi connectivity index (χ3n) is 2.37. The van der Waals surface area contributed by atoms with Gasteiger partial charge in [0.1, 0.15) is 0 Å². The number of aliphatic hydroxyl groups excluding tert-OH is 2. The molecule has 4 N–H and O–H groups in total. The average molecular weight is 247 g/mol. The van der Waals surface area contributed by atoms with Crippen molar-refractivity contribution < 1.29 is 15.0 Å². The highest BCUT2D eigenvalue weighted by Gasteiger charge is 2.37. The maximum Gasteiger partial charge on any atom is 0.225 e. The molecular formula is C9H17N3O3S. The zero-order chi connectivity index (χ0) is 12.1. The number of nitrogens with two attached hydrogens (primary N) is 1. The van der Waals surface area contributed by atoms with E-state index >= 15 is 0 Å². The Hall–Kier alpha value is -0.630. The van der Waals surface area contributed by atoms with E-state index in [1.165, 1.54) is 29.9 Å². The van der Waals surface area contributed by atoms with Crippen LogP contribution in [0.2, 0.25) is 0 Å². The van der Waals surface area contributed by atoms with Crippen molar-refractivity contribution in [2.45, 2.75) is 30.1 Å². The van der Waals surface area contributed by atoms with Crippen molar-refractivity contribution in [2.75, 3.05) is 13.3 Å². The largest absolute Gasteiger partial charge is 0.395 e. The molecule has 1 unspecified atom stereocenters. The summed E-state index contributed by atoms with van der Waals surface area (Å²) < 4.78 is 0. The van der Waals surface area contributed by atoms with Gasteiger partial charge in [0, 0.05) is 13.3 Å². The molecule has 1 aliphatic rings. The van der Waals surface area contributed by atoms with Gasteiger partial charge in [-0.3, -0.25) is 14.7 Å². The van der Waals surface area contributed by atoms with E-state index in [9.17, 15) is 9.90 Å². The van der Waals surface area contributed by atoms with E-state index < -0.39 is 6.10 Å². The standard InChI is InChI=1S/C9H17N3O3S/c1-6(14)12(5-11-4-10)9-2-7(15)8(3-13)16-9/h5,7-9,13,15H,2-4,10H2,1H3/t7-,8?,9-/m1/s1. The molecule has 0 aliphatic carbocycles. The minimum Gasteiger partial charge on any atom is -0.395 e. The lowest BCUT2D eigenvalue weighted by molar-refractivity contribution is -0.125. The lowest BCUT2D eigenvalue weighted by Crippen LogP contribution is -2.35. The Bertz CT molecular complexity index is 275. The second-order valence-electron chi connectivity index (χ2n) is 3.52. The third-order valence-corrected chi connectivity index (χ3v) is 3.92. The van der Waals surface area contributed by atoms with Gasteiger partial charge in [-0.25, -0.2) is 0 Å². The van der Waals surface area contributed by atoms with Gasteiger partial charge in [0.25, 0.3) is 0 Å². The molecule has 3 atom stereocenters. The molecule has 1 fully saturated rings. The van der Waals surface area contributed by atoms with Crippen molar-refractivity contribution in [1.29, 1.82) is 0 Å². The second kappa shape index (κ2) is 6.19. The van der Waals surface area contributed by atoms with E-state index in [4.69, 9.17) is 10.8 Å². The smallest absolute Gasteiger partial charge is 0.225 e. The highest BCUT2D eigenvalue weighted by molar-refractivity contribution is 8.00. The van der Waals surface area contributed by atoms with Gasteiger partial charge in [-0.2, -0.15) is 0 Å².